The van der Waals surface area contributed by atoms with Crippen LogP contribution in [0.4, 0.5) is 0 Å². The molecule has 0 aliphatic carbocycles. The number of hydrogen-bond donors (Lipinski definition) is 0. The first kappa shape index (κ1) is 18.2. The average Bonchev–Trinajstić information content (AvgIpc) is 3.29. The largest absolute Gasteiger partial charge is 0.338 e. The molecule has 1 aliphatic rings. The lowest BCUT2D eigenvalue weighted by molar-refractivity contribution is -0.123. The summed E-state index contributed by atoms with van der Waals surface area (Å²) in [4.78, 5) is 27.6. The lowest BCUT2D eigenvalue weighted by Crippen LogP contribution is -2.42. The maximum absolute atomic E-state index is 13.0. The molecular formula is C23H23N3O2. The maximum Gasteiger partial charge on any atom is 0.253 e. The number of rotatable bonds is 5. The van der Waals surface area contributed by atoms with Crippen molar-refractivity contribution in [1.82, 2.24) is 14.7 Å². The third-order valence-corrected chi connectivity index (χ3v) is 5.25. The molecule has 2 aromatic carbocycles. The lowest BCUT2D eigenvalue weighted by Gasteiger charge is -2.32. The van der Waals surface area contributed by atoms with E-state index in [1.165, 1.54) is 0 Å². The molecule has 1 amide bonds. The maximum atomic E-state index is 13.0. The molecule has 0 unspecified atom stereocenters. The molecular weight excluding hydrogens is 350 g/mol. The minimum Gasteiger partial charge on any atom is -0.338 e. The molecule has 3 aromatic rings. The third-order valence-electron chi connectivity index (χ3n) is 5.25. The summed E-state index contributed by atoms with van der Waals surface area (Å²) in [5.41, 5.74) is 2.51. The van der Waals surface area contributed by atoms with Gasteiger partial charge >= 0.3 is 0 Å². The molecule has 1 aliphatic heterocycles. The molecule has 5 heteroatoms. The van der Waals surface area contributed by atoms with Crippen molar-refractivity contribution in [2.24, 2.45) is 5.92 Å². The number of benzene rings is 2. The van der Waals surface area contributed by atoms with E-state index in [4.69, 9.17) is 0 Å². The van der Waals surface area contributed by atoms with Crippen molar-refractivity contribution in [2.45, 2.75) is 19.3 Å². The molecule has 5 nitrogen and oxygen atoms in total. The standard InChI is InChI=1S/C23H23N3O2/c27-22(15-18-7-2-1-3-8-18)20-10-5-13-25(17-20)23(28)19-9-4-11-21(16-19)26-14-6-12-24-26/h1-4,6-9,11-12,14,16,20H,5,10,13,15,17H2/t20-/m1/s1. The molecule has 1 atom stereocenters. The molecule has 0 saturated carbocycles. The van der Waals surface area contributed by atoms with E-state index in [0.717, 1.165) is 24.1 Å². The van der Waals surface area contributed by atoms with E-state index in [1.54, 1.807) is 10.9 Å². The molecule has 0 N–H and O–H groups in total. The van der Waals surface area contributed by atoms with E-state index < -0.39 is 0 Å². The number of carbonyl (C=O) groups is 2. The number of carbonyl (C=O) groups excluding carboxylic acids is 2. The normalized spacial score (nSPS) is 16.7. The Labute approximate surface area is 164 Å². The number of likely N-dealkylation sites (tertiary alicyclic amines) is 1. The van der Waals surface area contributed by atoms with Crippen LogP contribution in [0.1, 0.15) is 28.8 Å². The molecule has 142 valence electrons. The zero-order valence-corrected chi connectivity index (χ0v) is 15.7. The summed E-state index contributed by atoms with van der Waals surface area (Å²) in [5, 5.41) is 4.22. The van der Waals surface area contributed by atoms with Gasteiger partial charge in [0, 0.05) is 43.4 Å². The van der Waals surface area contributed by atoms with Gasteiger partial charge in [0.05, 0.1) is 5.69 Å². The summed E-state index contributed by atoms with van der Waals surface area (Å²) in [6.07, 6.45) is 5.70. The van der Waals surface area contributed by atoms with E-state index in [0.29, 0.717) is 25.1 Å². The van der Waals surface area contributed by atoms with Gasteiger partial charge in [-0.2, -0.15) is 5.10 Å². The van der Waals surface area contributed by atoms with Crippen molar-refractivity contribution in [2.75, 3.05) is 13.1 Å². The van der Waals surface area contributed by atoms with Crippen LogP contribution in [0.15, 0.2) is 73.1 Å². The summed E-state index contributed by atoms with van der Waals surface area (Å²) in [7, 11) is 0. The fraction of sp³-hybridized carbons (Fsp3) is 0.261. The third kappa shape index (κ3) is 4.03. The van der Waals surface area contributed by atoms with Crippen molar-refractivity contribution < 1.29 is 9.59 Å². The van der Waals surface area contributed by atoms with E-state index in [9.17, 15) is 9.59 Å². The minimum atomic E-state index is -0.0906. The summed E-state index contributed by atoms with van der Waals surface area (Å²) < 4.78 is 1.74. The quantitative estimate of drug-likeness (QED) is 0.687. The van der Waals surface area contributed by atoms with Crippen LogP contribution >= 0.6 is 0 Å². The van der Waals surface area contributed by atoms with Crippen LogP contribution in [0.5, 0.6) is 0 Å². The van der Waals surface area contributed by atoms with Gasteiger partial charge in [0.25, 0.3) is 5.91 Å². The molecule has 4 rings (SSSR count). The van der Waals surface area contributed by atoms with Crippen LogP contribution < -0.4 is 0 Å². The number of aromatic nitrogens is 2. The summed E-state index contributed by atoms with van der Waals surface area (Å²) >= 11 is 0. The summed E-state index contributed by atoms with van der Waals surface area (Å²) in [6, 6.07) is 19.1. The van der Waals surface area contributed by atoms with E-state index in [2.05, 4.69) is 5.10 Å². The van der Waals surface area contributed by atoms with Gasteiger partial charge in [-0.1, -0.05) is 36.4 Å². The molecule has 28 heavy (non-hydrogen) atoms. The van der Waals surface area contributed by atoms with Crippen LogP contribution in [-0.2, 0) is 11.2 Å². The van der Waals surface area contributed by atoms with Crippen LogP contribution in [0, 0.1) is 5.92 Å². The Bertz CT molecular complexity index is 951. The Morgan fingerprint density at radius 1 is 1.04 bits per heavy atom. The van der Waals surface area contributed by atoms with Crippen molar-refractivity contribution in [1.29, 1.82) is 0 Å². The number of nitrogens with zero attached hydrogens (tertiary/aromatic N) is 3. The SMILES string of the molecule is O=C(Cc1ccccc1)[C@@H]1CCCN(C(=O)c2cccc(-n3cccn3)c2)C1. The molecule has 1 saturated heterocycles. The van der Waals surface area contributed by atoms with E-state index >= 15 is 0 Å². The second-order valence-corrected chi connectivity index (χ2v) is 7.22. The monoisotopic (exact) mass is 373 g/mol. The number of Topliss-reactive ketones (excluding diaryl/α,β-unsaturated/α-hetero) is 1. The second kappa shape index (κ2) is 8.21. The van der Waals surface area contributed by atoms with Gasteiger partial charge in [-0.3, -0.25) is 9.59 Å². The fourth-order valence-corrected chi connectivity index (χ4v) is 3.75. The Hall–Kier alpha value is -3.21. The number of ketones is 1. The van der Waals surface area contributed by atoms with Crippen molar-refractivity contribution in [3.63, 3.8) is 0 Å². The van der Waals surface area contributed by atoms with Crippen molar-refractivity contribution in [3.05, 3.63) is 84.2 Å². The number of hydrogen-bond acceptors (Lipinski definition) is 3. The minimum absolute atomic E-state index is 0.0220. The topological polar surface area (TPSA) is 55.2 Å². The first-order valence-corrected chi connectivity index (χ1v) is 9.67. The first-order chi connectivity index (χ1) is 13.7. The Balaban J connectivity index is 1.45. The molecule has 0 spiro atoms. The predicted molar refractivity (Wildman–Crippen MR) is 107 cm³/mol. The Kier molecular flexibility index (Phi) is 5.33. The molecule has 0 bridgehead atoms. The fourth-order valence-electron chi connectivity index (χ4n) is 3.75. The number of amides is 1. The van der Waals surface area contributed by atoms with Gasteiger partial charge < -0.3 is 4.90 Å². The molecule has 0 radical (unpaired) electrons. The predicted octanol–water partition coefficient (Wildman–Crippen LogP) is 3.54. The van der Waals surface area contributed by atoms with Gasteiger partial charge in [0.1, 0.15) is 5.78 Å². The van der Waals surface area contributed by atoms with Crippen LogP contribution in [0.3, 0.4) is 0 Å². The highest BCUT2D eigenvalue weighted by Gasteiger charge is 2.28. The highest BCUT2D eigenvalue weighted by Crippen LogP contribution is 2.22. The highest BCUT2D eigenvalue weighted by molar-refractivity contribution is 5.95. The first-order valence-electron chi connectivity index (χ1n) is 9.67. The van der Waals surface area contributed by atoms with E-state index in [-0.39, 0.29) is 17.6 Å². The highest BCUT2D eigenvalue weighted by atomic mass is 16.2. The Morgan fingerprint density at radius 3 is 2.68 bits per heavy atom. The zero-order valence-electron chi connectivity index (χ0n) is 15.7. The van der Waals surface area contributed by atoms with Gasteiger partial charge in [-0.25, -0.2) is 4.68 Å². The Morgan fingerprint density at radius 2 is 1.89 bits per heavy atom. The van der Waals surface area contributed by atoms with E-state index in [1.807, 2.05) is 71.8 Å². The summed E-state index contributed by atoms with van der Waals surface area (Å²) in [5.74, 6) is 0.104. The molecule has 1 fully saturated rings. The van der Waals surface area contributed by atoms with Crippen molar-refractivity contribution >= 4 is 11.7 Å². The van der Waals surface area contributed by atoms with Gasteiger partial charge in [-0.15, -0.1) is 0 Å². The summed E-state index contributed by atoms with van der Waals surface area (Å²) in [6.45, 7) is 1.19. The lowest BCUT2D eigenvalue weighted by atomic mass is 9.90. The average molecular weight is 373 g/mol. The van der Waals surface area contributed by atoms with Crippen molar-refractivity contribution in [3.8, 4) is 5.69 Å². The van der Waals surface area contributed by atoms with Gasteiger partial charge in [0.15, 0.2) is 0 Å². The van der Waals surface area contributed by atoms with Gasteiger partial charge in [0.2, 0.25) is 0 Å². The zero-order chi connectivity index (χ0) is 19.3. The smallest absolute Gasteiger partial charge is 0.253 e. The van der Waals surface area contributed by atoms with Gasteiger partial charge in [-0.05, 0) is 42.7 Å². The van der Waals surface area contributed by atoms with Crippen LogP contribution in [0.2, 0.25) is 0 Å². The van der Waals surface area contributed by atoms with Crippen LogP contribution in [0.25, 0.3) is 5.69 Å². The second-order valence-electron chi connectivity index (χ2n) is 7.22. The molecule has 1 aromatic heterocycles. The number of piperidine rings is 1. The molecule has 2 heterocycles. The van der Waals surface area contributed by atoms with Crippen LogP contribution in [-0.4, -0.2) is 39.5 Å².